The molecule has 0 saturated heterocycles. The van der Waals surface area contributed by atoms with Gasteiger partial charge in [-0.25, -0.2) is 19.1 Å². The number of fused-ring (bicyclic) bond motifs is 1. The second kappa shape index (κ2) is 9.18. The fraction of sp³-hybridized carbons (Fsp3) is 0.208. The lowest BCUT2D eigenvalue weighted by Gasteiger charge is -2.11. The van der Waals surface area contributed by atoms with Gasteiger partial charge in [-0.2, -0.15) is 0 Å². The predicted octanol–water partition coefficient (Wildman–Crippen LogP) is 1.25. The number of aryl methyl sites for hydroxylation is 2. The lowest BCUT2D eigenvalue weighted by Crippen LogP contribution is -2.50. The molecule has 0 radical (unpaired) electrons. The van der Waals surface area contributed by atoms with Crippen molar-refractivity contribution in [1.29, 1.82) is 0 Å². The topological polar surface area (TPSA) is 131 Å². The maximum Gasteiger partial charge on any atom is 0.335 e. The van der Waals surface area contributed by atoms with Gasteiger partial charge in [-0.15, -0.1) is 0 Å². The Morgan fingerprint density at radius 3 is 2.44 bits per heavy atom. The van der Waals surface area contributed by atoms with E-state index in [1.807, 2.05) is 31.2 Å². The smallest absolute Gasteiger partial charge is 0.335 e. The summed E-state index contributed by atoms with van der Waals surface area (Å²) < 4.78 is 3.68. The number of aromatic nitrogens is 4. The van der Waals surface area contributed by atoms with Gasteiger partial charge in [-0.05, 0) is 36.8 Å². The van der Waals surface area contributed by atoms with Crippen LogP contribution in [0.1, 0.15) is 17.5 Å². The molecule has 2 N–H and O–H groups in total. The second-order valence-electron chi connectivity index (χ2n) is 7.99. The zero-order chi connectivity index (χ0) is 24.4. The molecule has 0 aliphatic heterocycles. The van der Waals surface area contributed by atoms with E-state index in [0.29, 0.717) is 5.69 Å². The first-order valence-electron chi connectivity index (χ1n) is 10.6. The number of H-pyrrole nitrogens is 1. The van der Waals surface area contributed by atoms with Gasteiger partial charge in [0.2, 0.25) is 5.62 Å². The van der Waals surface area contributed by atoms with Crippen molar-refractivity contribution in [2.75, 3.05) is 0 Å². The van der Waals surface area contributed by atoms with E-state index < -0.39 is 17.3 Å². The minimum atomic E-state index is -1.12. The lowest BCUT2D eigenvalue weighted by atomic mass is 10.1. The van der Waals surface area contributed by atoms with Gasteiger partial charge in [0.25, 0.3) is 5.56 Å². The Hall–Kier alpha value is -4.47. The van der Waals surface area contributed by atoms with E-state index in [1.54, 1.807) is 31.3 Å². The number of nitrogens with zero attached hydrogens (tertiary/aromatic N) is 4. The van der Waals surface area contributed by atoms with E-state index in [-0.39, 0.29) is 30.7 Å². The average molecular weight is 461 g/mol. The summed E-state index contributed by atoms with van der Waals surface area (Å²) in [7, 11) is 1.67. The van der Waals surface area contributed by atoms with Gasteiger partial charge in [-0.3, -0.25) is 19.1 Å². The number of hydrogen-bond donors (Lipinski definition) is 2. The number of nitrogens with one attached hydrogen (secondary N) is 1. The standard InChI is InChI=1S/C24H23N5O5/c1-15-3-5-16(6-4-15)14-29-22(26-23(33)28(24(29)34)12-11-21(31)32)25-18-8-9-19-17(13-18)7-10-20(30)27(19)2/h3-10,13H,11-12,14H2,1-2H3,(H,31,32)(H,25,26,33). The zero-order valence-electron chi connectivity index (χ0n) is 18.7. The molecule has 0 atom stereocenters. The van der Waals surface area contributed by atoms with Crippen molar-refractivity contribution in [1.82, 2.24) is 18.7 Å². The van der Waals surface area contributed by atoms with Crippen LogP contribution in [-0.2, 0) is 24.9 Å². The Bertz CT molecular complexity index is 1640. The highest BCUT2D eigenvalue weighted by molar-refractivity contribution is 5.82. The molecule has 4 rings (SSSR count). The monoisotopic (exact) mass is 461 g/mol. The predicted molar refractivity (Wildman–Crippen MR) is 126 cm³/mol. The molecule has 0 fully saturated rings. The molecule has 0 aliphatic rings. The Morgan fingerprint density at radius 2 is 1.74 bits per heavy atom. The molecule has 0 saturated carbocycles. The highest BCUT2D eigenvalue weighted by atomic mass is 16.4. The molecule has 10 heteroatoms. The number of carboxylic acids is 1. The largest absolute Gasteiger partial charge is 0.481 e. The molecule has 174 valence electrons. The summed E-state index contributed by atoms with van der Waals surface area (Å²) in [6, 6.07) is 15.9. The lowest BCUT2D eigenvalue weighted by molar-refractivity contribution is -0.137. The maximum atomic E-state index is 13.2. The molecule has 0 aliphatic carbocycles. The van der Waals surface area contributed by atoms with Crippen molar-refractivity contribution in [3.63, 3.8) is 0 Å². The van der Waals surface area contributed by atoms with Gasteiger partial charge in [0, 0.05) is 25.0 Å². The van der Waals surface area contributed by atoms with E-state index in [0.717, 1.165) is 26.6 Å². The SMILES string of the molecule is Cc1ccc(Cn2c(=O)n(CCC(=O)O)c(=O)[nH]/c2=N\c2ccc3c(ccc(=O)n3C)c2)cc1. The van der Waals surface area contributed by atoms with Gasteiger partial charge < -0.3 is 9.67 Å². The summed E-state index contributed by atoms with van der Waals surface area (Å²) in [5.41, 5.74) is 1.56. The van der Waals surface area contributed by atoms with E-state index in [4.69, 9.17) is 5.11 Å². The van der Waals surface area contributed by atoms with Crippen LogP contribution in [0, 0.1) is 6.92 Å². The molecular formula is C24H23N5O5. The number of benzene rings is 2. The first kappa shape index (κ1) is 22.7. The van der Waals surface area contributed by atoms with Crippen LogP contribution >= 0.6 is 0 Å². The van der Waals surface area contributed by atoms with Crippen LogP contribution in [0.25, 0.3) is 10.9 Å². The molecule has 2 aromatic carbocycles. The van der Waals surface area contributed by atoms with Crippen LogP contribution in [0.5, 0.6) is 0 Å². The number of hydrogen-bond acceptors (Lipinski definition) is 5. The van der Waals surface area contributed by atoms with E-state index >= 15 is 0 Å². The summed E-state index contributed by atoms with van der Waals surface area (Å²) >= 11 is 0. The highest BCUT2D eigenvalue weighted by Crippen LogP contribution is 2.19. The summed E-state index contributed by atoms with van der Waals surface area (Å²) in [4.78, 5) is 55.8. The Kier molecular flexibility index (Phi) is 6.13. The quantitative estimate of drug-likeness (QED) is 0.446. The van der Waals surface area contributed by atoms with Crippen LogP contribution in [-0.4, -0.2) is 29.8 Å². The molecule has 0 unspecified atom stereocenters. The molecule has 10 nitrogen and oxygen atoms in total. The first-order valence-corrected chi connectivity index (χ1v) is 10.6. The van der Waals surface area contributed by atoms with Crippen molar-refractivity contribution in [2.24, 2.45) is 12.0 Å². The van der Waals surface area contributed by atoms with Gasteiger partial charge in [0.15, 0.2) is 0 Å². The summed E-state index contributed by atoms with van der Waals surface area (Å²) in [6.07, 6.45) is -0.368. The van der Waals surface area contributed by atoms with Crippen LogP contribution in [0.2, 0.25) is 0 Å². The van der Waals surface area contributed by atoms with Crippen molar-refractivity contribution < 1.29 is 9.90 Å². The third-order valence-corrected chi connectivity index (χ3v) is 5.54. The van der Waals surface area contributed by atoms with Crippen LogP contribution in [0.4, 0.5) is 5.69 Å². The van der Waals surface area contributed by atoms with E-state index in [9.17, 15) is 19.2 Å². The molecule has 0 amide bonds. The fourth-order valence-corrected chi connectivity index (χ4v) is 3.63. The Morgan fingerprint density at radius 1 is 1.00 bits per heavy atom. The Labute approximate surface area is 192 Å². The van der Waals surface area contributed by atoms with Crippen LogP contribution in [0.15, 0.2) is 74.0 Å². The van der Waals surface area contributed by atoms with Crippen molar-refractivity contribution in [3.05, 3.63) is 103 Å². The maximum absolute atomic E-state index is 13.2. The van der Waals surface area contributed by atoms with Crippen molar-refractivity contribution in [2.45, 2.75) is 26.4 Å². The summed E-state index contributed by atoms with van der Waals surface area (Å²) in [6.45, 7) is 1.82. The zero-order valence-corrected chi connectivity index (χ0v) is 18.7. The van der Waals surface area contributed by atoms with Gasteiger partial charge in [0.1, 0.15) is 0 Å². The molecule has 34 heavy (non-hydrogen) atoms. The van der Waals surface area contributed by atoms with Crippen LogP contribution in [0.3, 0.4) is 0 Å². The van der Waals surface area contributed by atoms with Gasteiger partial charge >= 0.3 is 17.3 Å². The van der Waals surface area contributed by atoms with Crippen LogP contribution < -0.4 is 22.6 Å². The molecular weight excluding hydrogens is 438 g/mol. The summed E-state index contributed by atoms with van der Waals surface area (Å²) in [5, 5.41) is 9.75. The third kappa shape index (κ3) is 4.65. The van der Waals surface area contributed by atoms with E-state index in [2.05, 4.69) is 9.98 Å². The van der Waals surface area contributed by atoms with Gasteiger partial charge in [0.05, 0.1) is 24.2 Å². The summed E-state index contributed by atoms with van der Waals surface area (Å²) in [5.74, 6) is -1.12. The average Bonchev–Trinajstić information content (AvgIpc) is 2.80. The molecule has 4 aromatic rings. The third-order valence-electron chi connectivity index (χ3n) is 5.54. The number of pyridine rings is 1. The molecule has 0 bridgehead atoms. The minimum absolute atomic E-state index is 0.0336. The fourth-order valence-electron chi connectivity index (χ4n) is 3.63. The number of carbonyl (C=O) groups is 1. The van der Waals surface area contributed by atoms with Crippen molar-refractivity contribution >= 4 is 22.6 Å². The molecule has 0 spiro atoms. The number of rotatable bonds is 6. The molecule has 2 aromatic heterocycles. The first-order chi connectivity index (χ1) is 16.2. The van der Waals surface area contributed by atoms with Gasteiger partial charge in [-0.1, -0.05) is 29.8 Å². The normalized spacial score (nSPS) is 11.8. The minimum Gasteiger partial charge on any atom is -0.481 e. The highest BCUT2D eigenvalue weighted by Gasteiger charge is 2.11. The Balaban J connectivity index is 1.89. The second-order valence-corrected chi connectivity index (χ2v) is 7.99. The van der Waals surface area contributed by atoms with E-state index in [1.165, 1.54) is 15.2 Å². The number of carboxylic acid groups (broad SMARTS) is 1. The molecule has 2 heterocycles. The number of aromatic amines is 1. The number of aliphatic carboxylic acids is 1. The van der Waals surface area contributed by atoms with Crippen molar-refractivity contribution in [3.8, 4) is 0 Å².